The maximum Gasteiger partial charge on any atom is 0.330 e. The molecule has 1 fully saturated rings. The molecule has 0 aliphatic heterocycles. The summed E-state index contributed by atoms with van der Waals surface area (Å²) in [7, 11) is 1.53. The number of nitrogen functional groups attached to an aromatic ring is 1. The van der Waals surface area contributed by atoms with Crippen LogP contribution < -0.4 is 22.3 Å². The summed E-state index contributed by atoms with van der Waals surface area (Å²) in [6.45, 7) is 0.598. The van der Waals surface area contributed by atoms with Gasteiger partial charge in [0, 0.05) is 13.2 Å². The first-order valence-electron chi connectivity index (χ1n) is 7.09. The number of hydrogen-bond donors (Lipinski definition) is 4. The van der Waals surface area contributed by atoms with Gasteiger partial charge in [-0.3, -0.25) is 14.3 Å². The molecule has 118 valence electrons. The van der Waals surface area contributed by atoms with Crippen LogP contribution in [-0.2, 0) is 11.3 Å². The minimum atomic E-state index is -0.542. The molecule has 1 aromatic rings. The van der Waals surface area contributed by atoms with E-state index in [2.05, 4.69) is 10.3 Å². The number of aliphatic hydroxyl groups excluding tert-OH is 1. The largest absolute Gasteiger partial charge is 0.393 e. The molecular weight excluding hydrogens is 276 g/mol. The molecule has 0 amide bonds. The van der Waals surface area contributed by atoms with Crippen LogP contribution in [0.5, 0.6) is 0 Å². The molecule has 0 atom stereocenters. The van der Waals surface area contributed by atoms with Crippen LogP contribution in [0.25, 0.3) is 0 Å². The van der Waals surface area contributed by atoms with E-state index in [9.17, 15) is 14.7 Å². The lowest BCUT2D eigenvalue weighted by Gasteiger charge is -2.27. The van der Waals surface area contributed by atoms with Crippen LogP contribution in [-0.4, -0.2) is 40.5 Å². The first-order valence-corrected chi connectivity index (χ1v) is 7.09. The number of nitrogens with zero attached hydrogens (tertiary/aromatic N) is 1. The molecule has 0 radical (unpaired) electrons. The third-order valence-corrected chi connectivity index (χ3v) is 3.80. The van der Waals surface area contributed by atoms with E-state index in [1.807, 2.05) is 0 Å². The zero-order valence-corrected chi connectivity index (χ0v) is 12.1. The van der Waals surface area contributed by atoms with E-state index < -0.39 is 11.2 Å². The molecule has 8 nitrogen and oxygen atoms in total. The Labute approximate surface area is 121 Å². The van der Waals surface area contributed by atoms with Crippen molar-refractivity contribution in [2.24, 2.45) is 0 Å². The van der Waals surface area contributed by atoms with Gasteiger partial charge in [-0.15, -0.1) is 0 Å². The number of aromatic nitrogens is 2. The number of hydrogen-bond acceptors (Lipinski definition) is 6. The zero-order chi connectivity index (χ0) is 15.4. The molecule has 5 N–H and O–H groups in total. The van der Waals surface area contributed by atoms with Gasteiger partial charge in [-0.25, -0.2) is 4.79 Å². The summed E-state index contributed by atoms with van der Waals surface area (Å²) >= 11 is 0. The fourth-order valence-electron chi connectivity index (χ4n) is 2.56. The van der Waals surface area contributed by atoms with Gasteiger partial charge in [0.1, 0.15) is 11.5 Å². The molecular formula is C13H22N4O4. The van der Waals surface area contributed by atoms with Crippen LogP contribution in [0.2, 0.25) is 0 Å². The van der Waals surface area contributed by atoms with E-state index in [0.717, 1.165) is 12.8 Å². The highest BCUT2D eigenvalue weighted by Crippen LogP contribution is 2.22. The molecule has 1 heterocycles. The van der Waals surface area contributed by atoms with Crippen molar-refractivity contribution in [3.8, 4) is 0 Å². The summed E-state index contributed by atoms with van der Waals surface area (Å²) in [5.41, 5.74) is 5.10. The minimum absolute atomic E-state index is 0.0742. The van der Waals surface area contributed by atoms with E-state index in [0.29, 0.717) is 19.4 Å². The Morgan fingerprint density at radius 3 is 2.67 bits per heavy atom. The standard InChI is InChI=1S/C13H22N4O4/c1-21-7-6-17-11(14)10(12(19)16-13(17)20)15-8-2-4-9(18)5-3-8/h8-9,15,18H,2-7,14H2,1H3,(H,16,19,20). The summed E-state index contributed by atoms with van der Waals surface area (Å²) in [4.78, 5) is 26.0. The number of nitrogens with two attached hydrogens (primary N) is 1. The number of aromatic amines is 1. The topological polar surface area (TPSA) is 122 Å². The van der Waals surface area contributed by atoms with Crippen molar-refractivity contribution in [2.75, 3.05) is 24.8 Å². The van der Waals surface area contributed by atoms with E-state index >= 15 is 0 Å². The van der Waals surface area contributed by atoms with Crippen molar-refractivity contribution in [3.63, 3.8) is 0 Å². The van der Waals surface area contributed by atoms with Gasteiger partial charge in [-0.2, -0.15) is 0 Å². The first-order chi connectivity index (χ1) is 10.0. The zero-order valence-electron chi connectivity index (χ0n) is 12.1. The predicted molar refractivity (Wildman–Crippen MR) is 79.5 cm³/mol. The fourth-order valence-corrected chi connectivity index (χ4v) is 2.56. The smallest absolute Gasteiger partial charge is 0.330 e. The van der Waals surface area contributed by atoms with Crippen molar-refractivity contribution >= 4 is 11.5 Å². The van der Waals surface area contributed by atoms with Crippen LogP contribution in [0.4, 0.5) is 11.5 Å². The third-order valence-electron chi connectivity index (χ3n) is 3.80. The van der Waals surface area contributed by atoms with Crippen molar-refractivity contribution in [1.82, 2.24) is 9.55 Å². The lowest BCUT2D eigenvalue weighted by Crippen LogP contribution is -2.37. The van der Waals surface area contributed by atoms with Gasteiger partial charge in [0.15, 0.2) is 0 Å². The molecule has 0 aromatic carbocycles. The summed E-state index contributed by atoms with van der Waals surface area (Å²) in [5, 5.41) is 12.6. The van der Waals surface area contributed by atoms with Gasteiger partial charge in [-0.1, -0.05) is 0 Å². The predicted octanol–water partition coefficient (Wildman–Crippen LogP) is -0.519. The van der Waals surface area contributed by atoms with Gasteiger partial charge in [0.2, 0.25) is 0 Å². The van der Waals surface area contributed by atoms with Crippen LogP contribution in [0.1, 0.15) is 25.7 Å². The van der Waals surface area contributed by atoms with Crippen molar-refractivity contribution in [3.05, 3.63) is 20.8 Å². The highest BCUT2D eigenvalue weighted by Gasteiger charge is 2.22. The second kappa shape index (κ2) is 6.77. The number of methoxy groups -OCH3 is 1. The quantitative estimate of drug-likeness (QED) is 0.580. The Morgan fingerprint density at radius 1 is 1.38 bits per heavy atom. The molecule has 1 saturated carbocycles. The number of ether oxygens (including phenoxy) is 1. The minimum Gasteiger partial charge on any atom is -0.393 e. The highest BCUT2D eigenvalue weighted by molar-refractivity contribution is 5.60. The molecule has 1 aliphatic carbocycles. The second-order valence-corrected chi connectivity index (χ2v) is 5.31. The molecule has 0 saturated heterocycles. The maximum atomic E-state index is 11.9. The number of rotatable bonds is 5. The van der Waals surface area contributed by atoms with Crippen LogP contribution in [0.3, 0.4) is 0 Å². The molecule has 0 unspecified atom stereocenters. The Kier molecular flexibility index (Phi) is 5.03. The molecule has 8 heteroatoms. The molecule has 1 aliphatic rings. The maximum absolute atomic E-state index is 11.9. The molecule has 21 heavy (non-hydrogen) atoms. The number of nitrogens with one attached hydrogen (secondary N) is 2. The fraction of sp³-hybridized carbons (Fsp3) is 0.692. The van der Waals surface area contributed by atoms with Gasteiger partial charge in [0.25, 0.3) is 5.56 Å². The Hall–Kier alpha value is -1.80. The molecule has 0 spiro atoms. The average Bonchev–Trinajstić information content (AvgIpc) is 2.45. The van der Waals surface area contributed by atoms with E-state index in [4.69, 9.17) is 10.5 Å². The Balaban J connectivity index is 2.22. The molecule has 1 aromatic heterocycles. The van der Waals surface area contributed by atoms with Crippen molar-refractivity contribution in [2.45, 2.75) is 44.4 Å². The number of aliphatic hydroxyl groups is 1. The Bertz CT molecular complexity index is 587. The van der Waals surface area contributed by atoms with Gasteiger partial charge in [-0.05, 0) is 25.7 Å². The SMILES string of the molecule is COCCn1c(N)c(NC2CCC(O)CC2)c(=O)[nH]c1=O. The van der Waals surface area contributed by atoms with Gasteiger partial charge in [0.05, 0.1) is 19.3 Å². The van der Waals surface area contributed by atoms with Crippen LogP contribution >= 0.6 is 0 Å². The first kappa shape index (κ1) is 15.6. The average molecular weight is 298 g/mol. The number of H-pyrrole nitrogens is 1. The third kappa shape index (κ3) is 3.64. The van der Waals surface area contributed by atoms with E-state index in [1.54, 1.807) is 0 Å². The highest BCUT2D eigenvalue weighted by atomic mass is 16.5. The monoisotopic (exact) mass is 298 g/mol. The Morgan fingerprint density at radius 2 is 2.05 bits per heavy atom. The lowest BCUT2D eigenvalue weighted by atomic mass is 9.93. The molecule has 2 rings (SSSR count). The second-order valence-electron chi connectivity index (χ2n) is 5.31. The normalized spacial score (nSPS) is 22.2. The van der Waals surface area contributed by atoms with Crippen LogP contribution in [0, 0.1) is 0 Å². The van der Waals surface area contributed by atoms with Crippen molar-refractivity contribution in [1.29, 1.82) is 0 Å². The van der Waals surface area contributed by atoms with Gasteiger partial charge >= 0.3 is 5.69 Å². The summed E-state index contributed by atoms with van der Waals surface area (Å²) in [6.07, 6.45) is 2.64. The van der Waals surface area contributed by atoms with E-state index in [1.165, 1.54) is 11.7 Å². The van der Waals surface area contributed by atoms with Crippen molar-refractivity contribution < 1.29 is 9.84 Å². The van der Waals surface area contributed by atoms with E-state index in [-0.39, 0.29) is 30.2 Å². The lowest BCUT2D eigenvalue weighted by molar-refractivity contribution is 0.126. The number of anilines is 2. The van der Waals surface area contributed by atoms with Gasteiger partial charge < -0.3 is 20.9 Å². The summed E-state index contributed by atoms with van der Waals surface area (Å²) < 4.78 is 6.21. The molecule has 0 bridgehead atoms. The summed E-state index contributed by atoms with van der Waals surface area (Å²) in [6, 6.07) is 0.0742. The van der Waals surface area contributed by atoms with Crippen LogP contribution in [0.15, 0.2) is 9.59 Å². The summed E-state index contributed by atoms with van der Waals surface area (Å²) in [5.74, 6) is 0.118.